The third kappa shape index (κ3) is 4.02. The summed E-state index contributed by atoms with van der Waals surface area (Å²) in [4.78, 5) is 28.5. The fourth-order valence-electron chi connectivity index (χ4n) is 3.09. The maximum absolute atomic E-state index is 12.6. The van der Waals surface area contributed by atoms with Gasteiger partial charge in [-0.2, -0.15) is 0 Å². The molecule has 0 bridgehead atoms. The molecule has 0 saturated carbocycles. The molecule has 7 heteroatoms. The second kappa shape index (κ2) is 7.83. The third-order valence-corrected chi connectivity index (χ3v) is 4.91. The zero-order valence-corrected chi connectivity index (χ0v) is 15.7. The summed E-state index contributed by atoms with van der Waals surface area (Å²) in [7, 11) is 1.45. The molecule has 1 saturated heterocycles. The summed E-state index contributed by atoms with van der Waals surface area (Å²) < 4.78 is 6.82. The fourth-order valence-corrected chi connectivity index (χ4v) is 3.21. The van der Waals surface area contributed by atoms with Crippen LogP contribution in [0.1, 0.15) is 5.69 Å². The Bertz CT molecular complexity index is 840. The molecule has 2 heterocycles. The summed E-state index contributed by atoms with van der Waals surface area (Å²) in [6, 6.07) is 9.23. The molecule has 3 rings (SSSR count). The van der Waals surface area contributed by atoms with E-state index in [9.17, 15) is 9.59 Å². The standard InChI is InChI=1S/C19H22ClN3O3/c1-14-11-17(24)18(26-2)12-23(14)13-19(25)22-9-7-21(8-10-22)16-5-3-15(20)4-6-16/h3-6,11-12H,7-10,13H2,1-2H3. The van der Waals surface area contributed by atoms with Crippen molar-refractivity contribution in [2.24, 2.45) is 0 Å². The molecule has 2 aromatic rings. The average Bonchev–Trinajstić information content (AvgIpc) is 2.64. The maximum Gasteiger partial charge on any atom is 0.242 e. The highest BCUT2D eigenvalue weighted by molar-refractivity contribution is 6.30. The Morgan fingerprint density at radius 3 is 2.42 bits per heavy atom. The summed E-state index contributed by atoms with van der Waals surface area (Å²) in [5, 5.41) is 0.717. The van der Waals surface area contributed by atoms with Crippen LogP contribution in [0.2, 0.25) is 5.02 Å². The number of carbonyl (C=O) groups is 1. The third-order valence-electron chi connectivity index (χ3n) is 4.66. The van der Waals surface area contributed by atoms with Crippen LogP contribution in [-0.4, -0.2) is 48.7 Å². The molecule has 0 aliphatic carbocycles. The summed E-state index contributed by atoms with van der Waals surface area (Å²) in [6.45, 7) is 4.89. The number of carbonyl (C=O) groups excluding carboxylic acids is 1. The Kier molecular flexibility index (Phi) is 5.52. The molecule has 6 nitrogen and oxygen atoms in total. The van der Waals surface area contributed by atoms with Gasteiger partial charge in [-0.3, -0.25) is 9.59 Å². The molecule has 1 aromatic heterocycles. The van der Waals surface area contributed by atoms with Crippen LogP contribution in [0.25, 0.3) is 0 Å². The monoisotopic (exact) mass is 375 g/mol. The Morgan fingerprint density at radius 1 is 1.15 bits per heavy atom. The van der Waals surface area contributed by atoms with Gasteiger partial charge in [0.05, 0.1) is 13.3 Å². The van der Waals surface area contributed by atoms with Gasteiger partial charge in [0, 0.05) is 48.6 Å². The van der Waals surface area contributed by atoms with Crippen LogP contribution in [0.4, 0.5) is 5.69 Å². The minimum Gasteiger partial charge on any atom is -0.491 e. The van der Waals surface area contributed by atoms with Crippen molar-refractivity contribution in [3.63, 3.8) is 0 Å². The SMILES string of the molecule is COc1cn(CC(=O)N2CCN(c3ccc(Cl)cc3)CC2)c(C)cc1=O. The van der Waals surface area contributed by atoms with E-state index in [4.69, 9.17) is 16.3 Å². The lowest BCUT2D eigenvalue weighted by atomic mass is 10.2. The Hall–Kier alpha value is -2.47. The molecular weight excluding hydrogens is 354 g/mol. The molecule has 1 amide bonds. The molecule has 0 unspecified atom stereocenters. The summed E-state index contributed by atoms with van der Waals surface area (Å²) in [5.74, 6) is 0.283. The van der Waals surface area contributed by atoms with Gasteiger partial charge in [-0.15, -0.1) is 0 Å². The van der Waals surface area contributed by atoms with Crippen molar-refractivity contribution in [1.82, 2.24) is 9.47 Å². The number of aromatic nitrogens is 1. The number of halogens is 1. The number of hydrogen-bond donors (Lipinski definition) is 0. The Labute approximate surface area is 157 Å². The number of rotatable bonds is 4. The van der Waals surface area contributed by atoms with E-state index in [-0.39, 0.29) is 23.6 Å². The van der Waals surface area contributed by atoms with E-state index in [1.54, 1.807) is 10.8 Å². The summed E-state index contributed by atoms with van der Waals surface area (Å²) >= 11 is 5.93. The predicted octanol–water partition coefficient (Wildman–Crippen LogP) is 2.17. The smallest absolute Gasteiger partial charge is 0.242 e. The number of ether oxygens (including phenoxy) is 1. The molecule has 0 N–H and O–H groups in total. The van der Waals surface area contributed by atoms with Gasteiger partial charge in [-0.25, -0.2) is 0 Å². The first-order valence-corrected chi connectivity index (χ1v) is 8.89. The van der Waals surface area contributed by atoms with Crippen molar-refractivity contribution < 1.29 is 9.53 Å². The summed E-state index contributed by atoms with van der Waals surface area (Å²) in [5.41, 5.74) is 1.68. The van der Waals surface area contributed by atoms with Gasteiger partial charge in [0.25, 0.3) is 0 Å². The van der Waals surface area contributed by atoms with Gasteiger partial charge < -0.3 is 19.1 Å². The minimum atomic E-state index is -0.176. The van der Waals surface area contributed by atoms with E-state index < -0.39 is 0 Å². The van der Waals surface area contributed by atoms with E-state index in [0.29, 0.717) is 13.1 Å². The van der Waals surface area contributed by atoms with Gasteiger partial charge in [0.2, 0.25) is 11.3 Å². The summed E-state index contributed by atoms with van der Waals surface area (Å²) in [6.07, 6.45) is 1.60. The van der Waals surface area contributed by atoms with Crippen LogP contribution in [-0.2, 0) is 11.3 Å². The lowest BCUT2D eigenvalue weighted by Crippen LogP contribution is -2.49. The molecule has 1 aliphatic rings. The largest absolute Gasteiger partial charge is 0.491 e. The van der Waals surface area contributed by atoms with E-state index in [1.807, 2.05) is 36.1 Å². The second-order valence-electron chi connectivity index (χ2n) is 6.32. The zero-order valence-electron chi connectivity index (χ0n) is 14.9. The van der Waals surface area contributed by atoms with Crippen LogP contribution in [0.5, 0.6) is 5.75 Å². The topological polar surface area (TPSA) is 54.8 Å². The van der Waals surface area contributed by atoms with Crippen LogP contribution >= 0.6 is 11.6 Å². The van der Waals surface area contributed by atoms with Crippen LogP contribution in [0.15, 0.2) is 41.3 Å². The fraction of sp³-hybridized carbons (Fsp3) is 0.368. The second-order valence-corrected chi connectivity index (χ2v) is 6.76. The van der Waals surface area contributed by atoms with E-state index in [2.05, 4.69) is 4.90 Å². The molecule has 26 heavy (non-hydrogen) atoms. The van der Waals surface area contributed by atoms with Crippen LogP contribution < -0.4 is 15.1 Å². The number of benzene rings is 1. The highest BCUT2D eigenvalue weighted by Crippen LogP contribution is 2.19. The number of methoxy groups -OCH3 is 1. The molecule has 0 radical (unpaired) electrons. The van der Waals surface area contributed by atoms with E-state index in [1.165, 1.54) is 13.2 Å². The van der Waals surface area contributed by atoms with Gasteiger partial charge in [-0.1, -0.05) is 11.6 Å². The highest BCUT2D eigenvalue weighted by atomic mass is 35.5. The molecule has 138 valence electrons. The number of aryl methyl sites for hydroxylation is 1. The van der Waals surface area contributed by atoms with Crippen molar-refractivity contribution in [3.05, 3.63) is 57.5 Å². The van der Waals surface area contributed by atoms with Gasteiger partial charge in [0.15, 0.2) is 5.75 Å². The number of hydrogen-bond acceptors (Lipinski definition) is 4. The molecule has 0 atom stereocenters. The van der Waals surface area contributed by atoms with Crippen molar-refractivity contribution in [3.8, 4) is 5.75 Å². The van der Waals surface area contributed by atoms with Gasteiger partial charge in [-0.05, 0) is 31.2 Å². The lowest BCUT2D eigenvalue weighted by molar-refractivity contribution is -0.132. The van der Waals surface area contributed by atoms with Crippen molar-refractivity contribution >= 4 is 23.2 Å². The maximum atomic E-state index is 12.6. The van der Waals surface area contributed by atoms with Crippen molar-refractivity contribution in [2.45, 2.75) is 13.5 Å². The predicted molar refractivity (Wildman–Crippen MR) is 102 cm³/mol. The van der Waals surface area contributed by atoms with E-state index in [0.717, 1.165) is 29.5 Å². The Morgan fingerprint density at radius 2 is 1.81 bits per heavy atom. The van der Waals surface area contributed by atoms with E-state index >= 15 is 0 Å². The molecule has 1 fully saturated rings. The first kappa shape index (κ1) is 18.3. The first-order valence-electron chi connectivity index (χ1n) is 8.51. The molecular formula is C19H22ClN3O3. The zero-order chi connectivity index (χ0) is 18.7. The molecule has 1 aliphatic heterocycles. The lowest BCUT2D eigenvalue weighted by Gasteiger charge is -2.36. The number of amides is 1. The molecule has 0 spiro atoms. The van der Waals surface area contributed by atoms with Crippen LogP contribution in [0, 0.1) is 6.92 Å². The number of anilines is 1. The van der Waals surface area contributed by atoms with Crippen LogP contribution in [0.3, 0.4) is 0 Å². The number of nitrogens with zero attached hydrogens (tertiary/aromatic N) is 3. The quantitative estimate of drug-likeness (QED) is 0.821. The van der Waals surface area contributed by atoms with Gasteiger partial charge >= 0.3 is 0 Å². The molecule has 1 aromatic carbocycles. The number of piperazine rings is 1. The average molecular weight is 376 g/mol. The highest BCUT2D eigenvalue weighted by Gasteiger charge is 2.21. The van der Waals surface area contributed by atoms with Crippen molar-refractivity contribution in [2.75, 3.05) is 38.2 Å². The Balaban J connectivity index is 1.62. The van der Waals surface area contributed by atoms with Gasteiger partial charge in [0.1, 0.15) is 6.54 Å². The van der Waals surface area contributed by atoms with Crippen molar-refractivity contribution in [1.29, 1.82) is 0 Å². The number of pyridine rings is 1. The first-order chi connectivity index (χ1) is 12.5. The minimum absolute atomic E-state index is 0.0366. The normalized spacial score (nSPS) is 14.4.